The van der Waals surface area contributed by atoms with Crippen LogP contribution in [0.1, 0.15) is 25.1 Å². The van der Waals surface area contributed by atoms with Crippen LogP contribution in [0.2, 0.25) is 0 Å². The van der Waals surface area contributed by atoms with E-state index in [4.69, 9.17) is 4.74 Å². The second-order valence-electron chi connectivity index (χ2n) is 4.52. The standard InChI is InChI=1S/C15H20N2OS/c1-4-11(2)16-9-12-10-17-15(19-12)13-7-5-6-8-14(13)18-3/h5-8,10-11,16H,4,9H2,1-3H3. The fraction of sp³-hybridized carbons (Fsp3) is 0.400. The van der Waals surface area contributed by atoms with Gasteiger partial charge in [-0.3, -0.25) is 0 Å². The van der Waals surface area contributed by atoms with Gasteiger partial charge in [0.05, 0.1) is 12.7 Å². The van der Waals surface area contributed by atoms with Gasteiger partial charge in [0.15, 0.2) is 0 Å². The summed E-state index contributed by atoms with van der Waals surface area (Å²) in [5.74, 6) is 0.873. The van der Waals surface area contributed by atoms with Crippen LogP contribution < -0.4 is 10.1 Å². The van der Waals surface area contributed by atoms with Crippen LogP contribution >= 0.6 is 11.3 Å². The van der Waals surface area contributed by atoms with Gasteiger partial charge in [-0.05, 0) is 25.5 Å². The summed E-state index contributed by atoms with van der Waals surface area (Å²) in [4.78, 5) is 5.75. The number of ether oxygens (including phenoxy) is 1. The molecule has 19 heavy (non-hydrogen) atoms. The fourth-order valence-corrected chi connectivity index (χ4v) is 2.65. The lowest BCUT2D eigenvalue weighted by atomic mass is 10.2. The molecule has 0 amide bonds. The Morgan fingerprint density at radius 3 is 2.89 bits per heavy atom. The Hall–Kier alpha value is -1.39. The lowest BCUT2D eigenvalue weighted by molar-refractivity contribution is 0.416. The average Bonchev–Trinajstić information content (AvgIpc) is 2.93. The van der Waals surface area contributed by atoms with E-state index in [9.17, 15) is 0 Å². The van der Waals surface area contributed by atoms with Crippen LogP contribution in [-0.4, -0.2) is 18.1 Å². The molecule has 0 saturated heterocycles. The molecule has 1 heterocycles. The summed E-state index contributed by atoms with van der Waals surface area (Å²) in [6.45, 7) is 5.26. The van der Waals surface area contributed by atoms with Crippen molar-refractivity contribution in [3.8, 4) is 16.3 Å². The largest absolute Gasteiger partial charge is 0.496 e. The van der Waals surface area contributed by atoms with Crippen LogP contribution in [0.3, 0.4) is 0 Å². The highest BCUT2D eigenvalue weighted by atomic mass is 32.1. The second kappa shape index (κ2) is 6.68. The topological polar surface area (TPSA) is 34.2 Å². The molecule has 0 radical (unpaired) electrons. The van der Waals surface area contributed by atoms with E-state index in [1.54, 1.807) is 18.4 Å². The maximum Gasteiger partial charge on any atom is 0.129 e. The summed E-state index contributed by atoms with van der Waals surface area (Å²) in [5, 5.41) is 4.49. The molecule has 0 fully saturated rings. The third kappa shape index (κ3) is 3.55. The van der Waals surface area contributed by atoms with Crippen LogP contribution in [-0.2, 0) is 6.54 Å². The van der Waals surface area contributed by atoms with E-state index < -0.39 is 0 Å². The molecule has 0 aliphatic rings. The van der Waals surface area contributed by atoms with Gasteiger partial charge in [-0.2, -0.15) is 0 Å². The molecule has 0 aliphatic heterocycles. The zero-order valence-corrected chi connectivity index (χ0v) is 12.5. The van der Waals surface area contributed by atoms with E-state index in [-0.39, 0.29) is 0 Å². The van der Waals surface area contributed by atoms with Gasteiger partial charge in [0.2, 0.25) is 0 Å². The molecule has 102 valence electrons. The molecule has 2 rings (SSSR count). The molecule has 1 aromatic carbocycles. The molecule has 1 N–H and O–H groups in total. The van der Waals surface area contributed by atoms with Gasteiger partial charge < -0.3 is 10.1 Å². The highest BCUT2D eigenvalue weighted by molar-refractivity contribution is 7.15. The van der Waals surface area contributed by atoms with Crippen molar-refractivity contribution in [2.75, 3.05) is 7.11 Å². The van der Waals surface area contributed by atoms with Gasteiger partial charge in [-0.15, -0.1) is 11.3 Å². The monoisotopic (exact) mass is 276 g/mol. The SMILES string of the molecule is CCC(C)NCc1cnc(-c2ccccc2OC)s1. The minimum Gasteiger partial charge on any atom is -0.496 e. The van der Waals surface area contributed by atoms with Gasteiger partial charge >= 0.3 is 0 Å². The summed E-state index contributed by atoms with van der Waals surface area (Å²) < 4.78 is 5.38. The van der Waals surface area contributed by atoms with Gasteiger partial charge in [0.1, 0.15) is 10.8 Å². The van der Waals surface area contributed by atoms with Crippen LogP contribution in [0.4, 0.5) is 0 Å². The van der Waals surface area contributed by atoms with E-state index in [1.807, 2.05) is 30.5 Å². The highest BCUT2D eigenvalue weighted by Gasteiger charge is 2.09. The summed E-state index contributed by atoms with van der Waals surface area (Å²) in [5.41, 5.74) is 1.06. The Morgan fingerprint density at radius 2 is 2.16 bits per heavy atom. The molecule has 3 nitrogen and oxygen atoms in total. The molecule has 1 atom stereocenters. The smallest absolute Gasteiger partial charge is 0.129 e. The summed E-state index contributed by atoms with van der Waals surface area (Å²) in [7, 11) is 1.69. The lowest BCUT2D eigenvalue weighted by Gasteiger charge is -2.09. The number of aromatic nitrogens is 1. The van der Waals surface area contributed by atoms with Crippen molar-refractivity contribution in [1.29, 1.82) is 0 Å². The quantitative estimate of drug-likeness (QED) is 0.873. The zero-order chi connectivity index (χ0) is 13.7. The number of hydrogen-bond donors (Lipinski definition) is 1. The van der Waals surface area contributed by atoms with Crippen molar-refractivity contribution < 1.29 is 4.74 Å². The molecule has 0 spiro atoms. The Morgan fingerprint density at radius 1 is 1.37 bits per heavy atom. The van der Waals surface area contributed by atoms with Crippen LogP contribution in [0.5, 0.6) is 5.75 Å². The van der Waals surface area contributed by atoms with Crippen molar-refractivity contribution in [2.45, 2.75) is 32.9 Å². The molecule has 0 aliphatic carbocycles. The summed E-state index contributed by atoms with van der Waals surface area (Å²) in [6, 6.07) is 8.53. The van der Waals surface area contributed by atoms with E-state index in [0.29, 0.717) is 6.04 Å². The Kier molecular flexibility index (Phi) is 4.93. The first kappa shape index (κ1) is 14.0. The molecule has 0 bridgehead atoms. The number of hydrogen-bond acceptors (Lipinski definition) is 4. The summed E-state index contributed by atoms with van der Waals surface area (Å²) >= 11 is 1.71. The average molecular weight is 276 g/mol. The fourth-order valence-electron chi connectivity index (χ4n) is 1.75. The number of methoxy groups -OCH3 is 1. The predicted octanol–water partition coefficient (Wildman–Crippen LogP) is 3.71. The number of nitrogens with one attached hydrogen (secondary N) is 1. The number of para-hydroxylation sites is 1. The first-order valence-corrected chi connectivity index (χ1v) is 7.37. The first-order chi connectivity index (χ1) is 9.24. The molecule has 4 heteroatoms. The first-order valence-electron chi connectivity index (χ1n) is 6.56. The van der Waals surface area contributed by atoms with Crippen LogP contribution in [0.15, 0.2) is 30.5 Å². The van der Waals surface area contributed by atoms with Crippen LogP contribution in [0, 0.1) is 0 Å². The number of thiazole rings is 1. The Bertz CT molecular complexity index is 524. The number of nitrogens with zero attached hydrogens (tertiary/aromatic N) is 1. The van der Waals surface area contributed by atoms with E-state index >= 15 is 0 Å². The molecule has 0 saturated carbocycles. The van der Waals surface area contributed by atoms with Crippen molar-refractivity contribution >= 4 is 11.3 Å². The second-order valence-corrected chi connectivity index (χ2v) is 5.64. The molecular formula is C15H20N2OS. The van der Waals surface area contributed by atoms with Crippen molar-refractivity contribution in [3.05, 3.63) is 35.3 Å². The maximum atomic E-state index is 5.38. The number of rotatable bonds is 6. The van der Waals surface area contributed by atoms with Crippen molar-refractivity contribution in [1.82, 2.24) is 10.3 Å². The van der Waals surface area contributed by atoms with E-state index in [0.717, 1.165) is 29.3 Å². The number of benzene rings is 1. The predicted molar refractivity (Wildman–Crippen MR) is 80.7 cm³/mol. The van der Waals surface area contributed by atoms with Gasteiger partial charge in [0.25, 0.3) is 0 Å². The Labute approximate surface area is 118 Å². The Balaban J connectivity index is 2.12. The molecule has 1 aromatic heterocycles. The third-order valence-corrected chi connectivity index (χ3v) is 4.16. The van der Waals surface area contributed by atoms with Gasteiger partial charge in [0, 0.05) is 23.7 Å². The van der Waals surface area contributed by atoms with E-state index in [1.165, 1.54) is 4.88 Å². The minimum atomic E-state index is 0.539. The van der Waals surface area contributed by atoms with Gasteiger partial charge in [-0.25, -0.2) is 4.98 Å². The van der Waals surface area contributed by atoms with Crippen molar-refractivity contribution in [2.24, 2.45) is 0 Å². The van der Waals surface area contributed by atoms with Crippen molar-refractivity contribution in [3.63, 3.8) is 0 Å². The van der Waals surface area contributed by atoms with E-state index in [2.05, 4.69) is 24.1 Å². The van der Waals surface area contributed by atoms with Gasteiger partial charge in [-0.1, -0.05) is 19.1 Å². The summed E-state index contributed by atoms with van der Waals surface area (Å²) in [6.07, 6.45) is 3.08. The molecule has 1 unspecified atom stereocenters. The third-order valence-electron chi connectivity index (χ3n) is 3.13. The maximum absolute atomic E-state index is 5.38. The minimum absolute atomic E-state index is 0.539. The zero-order valence-electron chi connectivity index (χ0n) is 11.6. The van der Waals surface area contributed by atoms with Crippen LogP contribution in [0.25, 0.3) is 10.6 Å². The lowest BCUT2D eigenvalue weighted by Crippen LogP contribution is -2.23. The molecular weight excluding hydrogens is 256 g/mol. The normalized spacial score (nSPS) is 12.4. The highest BCUT2D eigenvalue weighted by Crippen LogP contribution is 2.32. The molecule has 2 aromatic rings.